The van der Waals surface area contributed by atoms with Crippen LogP contribution in [0.25, 0.3) is 0 Å². The number of carbonyl (C=O) groups excluding carboxylic acids is 2. The summed E-state index contributed by atoms with van der Waals surface area (Å²) in [6.07, 6.45) is 0.317. The first kappa shape index (κ1) is 19.1. The van der Waals surface area contributed by atoms with Gasteiger partial charge in [0.15, 0.2) is 0 Å². The van der Waals surface area contributed by atoms with Crippen molar-refractivity contribution < 1.29 is 14.3 Å². The van der Waals surface area contributed by atoms with Gasteiger partial charge in [-0.25, -0.2) is 4.79 Å². The molecule has 2 N–H and O–H groups in total. The SMILES string of the molecule is COC[C@@H](C)NC(=O)NCCC(=O)N1CCN(c2ccccc2)CC1. The smallest absolute Gasteiger partial charge is 0.315 e. The van der Waals surface area contributed by atoms with Crippen LogP contribution in [0.3, 0.4) is 0 Å². The molecule has 0 bridgehead atoms. The molecule has 25 heavy (non-hydrogen) atoms. The third-order valence-corrected chi connectivity index (χ3v) is 4.17. The maximum absolute atomic E-state index is 12.3. The summed E-state index contributed by atoms with van der Waals surface area (Å²) in [6.45, 7) is 5.74. The monoisotopic (exact) mass is 348 g/mol. The van der Waals surface area contributed by atoms with Crippen molar-refractivity contribution >= 4 is 17.6 Å². The van der Waals surface area contributed by atoms with Gasteiger partial charge >= 0.3 is 6.03 Å². The van der Waals surface area contributed by atoms with Crippen molar-refractivity contribution in [3.8, 4) is 0 Å². The number of hydrogen-bond donors (Lipinski definition) is 2. The third-order valence-electron chi connectivity index (χ3n) is 4.17. The van der Waals surface area contributed by atoms with Crippen LogP contribution >= 0.6 is 0 Å². The molecule has 2 rings (SSSR count). The van der Waals surface area contributed by atoms with E-state index in [0.717, 1.165) is 13.1 Å². The number of ether oxygens (including phenoxy) is 1. The van der Waals surface area contributed by atoms with Crippen molar-refractivity contribution in [2.24, 2.45) is 0 Å². The van der Waals surface area contributed by atoms with Gasteiger partial charge in [0.2, 0.25) is 5.91 Å². The average Bonchev–Trinajstić information content (AvgIpc) is 2.62. The molecule has 1 atom stereocenters. The summed E-state index contributed by atoms with van der Waals surface area (Å²) in [6, 6.07) is 9.89. The van der Waals surface area contributed by atoms with Gasteiger partial charge < -0.3 is 25.2 Å². The number of methoxy groups -OCH3 is 1. The van der Waals surface area contributed by atoms with Crippen molar-refractivity contribution in [2.75, 3.05) is 51.3 Å². The Morgan fingerprint density at radius 2 is 1.84 bits per heavy atom. The van der Waals surface area contributed by atoms with Crippen LogP contribution in [0.1, 0.15) is 13.3 Å². The molecule has 0 spiro atoms. The lowest BCUT2D eigenvalue weighted by Crippen LogP contribution is -2.49. The van der Waals surface area contributed by atoms with Crippen molar-refractivity contribution in [3.05, 3.63) is 30.3 Å². The molecule has 0 radical (unpaired) electrons. The van der Waals surface area contributed by atoms with E-state index in [2.05, 4.69) is 27.7 Å². The maximum Gasteiger partial charge on any atom is 0.315 e. The quantitative estimate of drug-likeness (QED) is 0.773. The Bertz CT molecular complexity index is 545. The van der Waals surface area contributed by atoms with Crippen LogP contribution in [-0.2, 0) is 9.53 Å². The highest BCUT2D eigenvalue weighted by Crippen LogP contribution is 2.15. The Morgan fingerprint density at radius 3 is 2.48 bits per heavy atom. The Labute approximate surface area is 149 Å². The summed E-state index contributed by atoms with van der Waals surface area (Å²) in [4.78, 5) is 28.1. The van der Waals surface area contributed by atoms with Crippen molar-refractivity contribution in [1.29, 1.82) is 0 Å². The summed E-state index contributed by atoms with van der Waals surface area (Å²) in [5.74, 6) is 0.0814. The molecule has 1 heterocycles. The largest absolute Gasteiger partial charge is 0.383 e. The van der Waals surface area contributed by atoms with Gasteiger partial charge in [-0.05, 0) is 19.1 Å². The second kappa shape index (κ2) is 9.88. The van der Waals surface area contributed by atoms with Crippen LogP contribution in [0.5, 0.6) is 0 Å². The molecule has 138 valence electrons. The minimum atomic E-state index is -0.272. The van der Waals surface area contributed by atoms with E-state index in [1.165, 1.54) is 5.69 Å². The molecule has 1 fully saturated rings. The van der Waals surface area contributed by atoms with Gasteiger partial charge in [0.1, 0.15) is 0 Å². The van der Waals surface area contributed by atoms with Crippen LogP contribution in [0.2, 0.25) is 0 Å². The summed E-state index contributed by atoms with van der Waals surface area (Å²) in [5.41, 5.74) is 1.19. The van der Waals surface area contributed by atoms with Crippen molar-refractivity contribution in [1.82, 2.24) is 15.5 Å². The lowest BCUT2D eigenvalue weighted by molar-refractivity contribution is -0.131. The highest BCUT2D eigenvalue weighted by atomic mass is 16.5. The first-order chi connectivity index (χ1) is 12.1. The zero-order valence-electron chi connectivity index (χ0n) is 15.0. The average molecular weight is 348 g/mol. The number of piperazine rings is 1. The minimum Gasteiger partial charge on any atom is -0.383 e. The number of urea groups is 1. The first-order valence-electron chi connectivity index (χ1n) is 8.71. The number of nitrogens with one attached hydrogen (secondary N) is 2. The molecule has 0 aliphatic carbocycles. The van der Waals surface area contributed by atoms with Crippen LogP contribution < -0.4 is 15.5 Å². The first-order valence-corrected chi connectivity index (χ1v) is 8.71. The molecule has 1 saturated heterocycles. The van der Waals surface area contributed by atoms with Crippen LogP contribution in [-0.4, -0.2) is 69.3 Å². The Morgan fingerprint density at radius 1 is 1.16 bits per heavy atom. The summed E-state index contributed by atoms with van der Waals surface area (Å²) < 4.78 is 4.96. The molecule has 1 aliphatic heterocycles. The number of rotatable bonds is 7. The van der Waals surface area contributed by atoms with E-state index >= 15 is 0 Å². The summed E-state index contributed by atoms with van der Waals surface area (Å²) in [5, 5.41) is 5.46. The second-order valence-corrected chi connectivity index (χ2v) is 6.21. The number of amides is 3. The molecular formula is C18H28N4O3. The standard InChI is InChI=1S/C18H28N4O3/c1-15(14-25-2)20-18(24)19-9-8-17(23)22-12-10-21(11-13-22)16-6-4-3-5-7-16/h3-7,15H,8-14H2,1-2H3,(H2,19,20,24)/t15-/m1/s1. The fourth-order valence-electron chi connectivity index (χ4n) is 2.86. The van der Waals surface area contributed by atoms with Gasteiger partial charge in [0, 0.05) is 51.9 Å². The van der Waals surface area contributed by atoms with Crippen LogP contribution in [0.15, 0.2) is 30.3 Å². The van der Waals surface area contributed by atoms with Gasteiger partial charge in [-0.3, -0.25) is 4.79 Å². The van der Waals surface area contributed by atoms with Crippen molar-refractivity contribution in [2.45, 2.75) is 19.4 Å². The summed E-state index contributed by atoms with van der Waals surface area (Å²) in [7, 11) is 1.59. The van der Waals surface area contributed by atoms with E-state index in [1.807, 2.05) is 30.0 Å². The van der Waals surface area contributed by atoms with E-state index < -0.39 is 0 Å². The van der Waals surface area contributed by atoms with E-state index in [0.29, 0.717) is 32.7 Å². The lowest BCUT2D eigenvalue weighted by Gasteiger charge is -2.36. The molecule has 7 nitrogen and oxygen atoms in total. The predicted molar refractivity (Wildman–Crippen MR) is 97.7 cm³/mol. The molecule has 0 aromatic heterocycles. The van der Waals surface area contributed by atoms with Gasteiger partial charge in [-0.15, -0.1) is 0 Å². The molecule has 0 saturated carbocycles. The highest BCUT2D eigenvalue weighted by Gasteiger charge is 2.21. The molecular weight excluding hydrogens is 320 g/mol. The molecule has 3 amide bonds. The second-order valence-electron chi connectivity index (χ2n) is 6.21. The number of hydrogen-bond acceptors (Lipinski definition) is 4. The normalized spacial score (nSPS) is 15.6. The zero-order chi connectivity index (χ0) is 18.1. The number of para-hydroxylation sites is 1. The van der Waals surface area contributed by atoms with Crippen molar-refractivity contribution in [3.63, 3.8) is 0 Å². The maximum atomic E-state index is 12.3. The minimum absolute atomic E-state index is 0.0632. The zero-order valence-corrected chi connectivity index (χ0v) is 15.0. The molecule has 7 heteroatoms. The molecule has 1 aliphatic rings. The Kier molecular flexibility index (Phi) is 7.53. The Hall–Kier alpha value is -2.28. The van der Waals surface area contributed by atoms with Gasteiger partial charge in [0.25, 0.3) is 0 Å². The number of carbonyl (C=O) groups is 2. The predicted octanol–water partition coefficient (Wildman–Crippen LogP) is 1.06. The fraction of sp³-hybridized carbons (Fsp3) is 0.556. The Balaban J connectivity index is 1.65. The number of anilines is 1. The molecule has 1 aromatic rings. The van der Waals surface area contributed by atoms with Gasteiger partial charge in [-0.2, -0.15) is 0 Å². The molecule has 0 unspecified atom stereocenters. The fourth-order valence-corrected chi connectivity index (χ4v) is 2.86. The van der Waals surface area contributed by atoms with E-state index in [1.54, 1.807) is 7.11 Å². The van der Waals surface area contributed by atoms with E-state index in [4.69, 9.17) is 4.74 Å². The summed E-state index contributed by atoms with van der Waals surface area (Å²) >= 11 is 0. The number of benzene rings is 1. The topological polar surface area (TPSA) is 73.9 Å². The van der Waals surface area contributed by atoms with E-state index in [-0.39, 0.29) is 18.0 Å². The van der Waals surface area contributed by atoms with Gasteiger partial charge in [-0.1, -0.05) is 18.2 Å². The molecule has 1 aromatic carbocycles. The highest BCUT2D eigenvalue weighted by molar-refractivity contribution is 5.78. The lowest BCUT2D eigenvalue weighted by atomic mass is 10.2. The van der Waals surface area contributed by atoms with Crippen LogP contribution in [0.4, 0.5) is 10.5 Å². The third kappa shape index (κ3) is 6.26. The van der Waals surface area contributed by atoms with E-state index in [9.17, 15) is 9.59 Å². The number of nitrogens with zero attached hydrogens (tertiary/aromatic N) is 2. The van der Waals surface area contributed by atoms with Gasteiger partial charge in [0.05, 0.1) is 12.6 Å². The van der Waals surface area contributed by atoms with Crippen LogP contribution in [0, 0.1) is 0 Å².